The SMILES string of the molecule is CN(C)c1ccc(C2CCCN2Cc2ccc(Cl)cc2C#N)nn1. The average molecular weight is 342 g/mol. The van der Waals surface area contributed by atoms with E-state index in [0.717, 1.165) is 43.0 Å². The minimum atomic E-state index is 0.246. The first-order chi connectivity index (χ1) is 11.6. The predicted molar refractivity (Wildman–Crippen MR) is 94.9 cm³/mol. The Balaban J connectivity index is 1.80. The summed E-state index contributed by atoms with van der Waals surface area (Å²) in [6.07, 6.45) is 2.18. The van der Waals surface area contributed by atoms with Crippen LogP contribution < -0.4 is 4.90 Å². The number of hydrogen-bond acceptors (Lipinski definition) is 5. The van der Waals surface area contributed by atoms with Crippen LogP contribution in [0.15, 0.2) is 30.3 Å². The highest BCUT2D eigenvalue weighted by Crippen LogP contribution is 2.33. The molecule has 1 aliphatic heterocycles. The molecule has 0 amide bonds. The van der Waals surface area contributed by atoms with Crippen molar-refractivity contribution in [3.63, 3.8) is 0 Å². The number of halogens is 1. The fourth-order valence-electron chi connectivity index (χ4n) is 3.11. The van der Waals surface area contributed by atoms with E-state index in [0.29, 0.717) is 10.6 Å². The molecule has 1 aromatic carbocycles. The van der Waals surface area contributed by atoms with Crippen LogP contribution >= 0.6 is 11.6 Å². The summed E-state index contributed by atoms with van der Waals surface area (Å²) < 4.78 is 0. The molecule has 6 heteroatoms. The molecule has 1 fully saturated rings. The summed E-state index contributed by atoms with van der Waals surface area (Å²) in [5.74, 6) is 0.854. The van der Waals surface area contributed by atoms with Gasteiger partial charge in [0.05, 0.1) is 23.4 Å². The normalized spacial score (nSPS) is 17.7. The van der Waals surface area contributed by atoms with E-state index in [9.17, 15) is 5.26 Å². The van der Waals surface area contributed by atoms with E-state index in [4.69, 9.17) is 11.6 Å². The van der Waals surface area contributed by atoms with Gasteiger partial charge in [0, 0.05) is 25.7 Å². The van der Waals surface area contributed by atoms with Gasteiger partial charge in [-0.25, -0.2) is 0 Å². The number of hydrogen-bond donors (Lipinski definition) is 0. The first kappa shape index (κ1) is 16.7. The Morgan fingerprint density at radius 1 is 1.29 bits per heavy atom. The van der Waals surface area contributed by atoms with Crippen LogP contribution in [-0.2, 0) is 6.54 Å². The molecule has 5 nitrogen and oxygen atoms in total. The number of aromatic nitrogens is 2. The van der Waals surface area contributed by atoms with Gasteiger partial charge in [-0.2, -0.15) is 10.4 Å². The Morgan fingerprint density at radius 3 is 2.79 bits per heavy atom. The molecule has 1 saturated heterocycles. The summed E-state index contributed by atoms with van der Waals surface area (Å²) >= 11 is 5.99. The Bertz CT molecular complexity index is 751. The molecule has 1 atom stereocenters. The molecule has 0 spiro atoms. The van der Waals surface area contributed by atoms with Crippen molar-refractivity contribution in [2.45, 2.75) is 25.4 Å². The fourth-order valence-corrected chi connectivity index (χ4v) is 3.28. The van der Waals surface area contributed by atoms with Crippen LogP contribution in [0.4, 0.5) is 5.82 Å². The van der Waals surface area contributed by atoms with Crippen molar-refractivity contribution < 1.29 is 0 Å². The Kier molecular flexibility index (Phi) is 4.98. The molecule has 0 bridgehead atoms. The second-order valence-electron chi connectivity index (χ2n) is 6.25. The van der Waals surface area contributed by atoms with E-state index in [2.05, 4.69) is 27.2 Å². The highest BCUT2D eigenvalue weighted by atomic mass is 35.5. The van der Waals surface area contributed by atoms with Gasteiger partial charge in [-0.1, -0.05) is 17.7 Å². The maximum absolute atomic E-state index is 9.33. The third-order valence-corrected chi connectivity index (χ3v) is 4.64. The maximum Gasteiger partial charge on any atom is 0.150 e. The largest absolute Gasteiger partial charge is 0.361 e. The van der Waals surface area contributed by atoms with Crippen molar-refractivity contribution in [2.75, 3.05) is 25.5 Å². The minimum absolute atomic E-state index is 0.246. The molecule has 0 N–H and O–H groups in total. The van der Waals surface area contributed by atoms with Gasteiger partial charge in [0.15, 0.2) is 5.82 Å². The Morgan fingerprint density at radius 2 is 2.12 bits per heavy atom. The van der Waals surface area contributed by atoms with Gasteiger partial charge in [-0.3, -0.25) is 4.90 Å². The number of nitriles is 1. The van der Waals surface area contributed by atoms with Crippen LogP contribution in [0.3, 0.4) is 0 Å². The average Bonchev–Trinajstić information content (AvgIpc) is 3.04. The van der Waals surface area contributed by atoms with Crippen LogP contribution in [0.25, 0.3) is 0 Å². The van der Waals surface area contributed by atoms with Gasteiger partial charge in [0.2, 0.25) is 0 Å². The highest BCUT2D eigenvalue weighted by molar-refractivity contribution is 6.30. The zero-order valence-electron chi connectivity index (χ0n) is 13.9. The number of anilines is 1. The van der Waals surface area contributed by atoms with Crippen molar-refractivity contribution in [1.82, 2.24) is 15.1 Å². The molecular weight excluding hydrogens is 322 g/mol. The zero-order valence-corrected chi connectivity index (χ0v) is 14.7. The third kappa shape index (κ3) is 3.50. The summed E-state index contributed by atoms with van der Waals surface area (Å²) in [5, 5.41) is 18.6. The van der Waals surface area contributed by atoms with Gasteiger partial charge in [-0.05, 0) is 49.2 Å². The number of rotatable bonds is 4. The van der Waals surface area contributed by atoms with Crippen molar-refractivity contribution in [2.24, 2.45) is 0 Å². The van der Waals surface area contributed by atoms with Crippen LogP contribution in [0.1, 0.15) is 35.7 Å². The second-order valence-corrected chi connectivity index (χ2v) is 6.69. The van der Waals surface area contributed by atoms with E-state index in [-0.39, 0.29) is 6.04 Å². The summed E-state index contributed by atoms with van der Waals surface area (Å²) in [4.78, 5) is 4.31. The van der Waals surface area contributed by atoms with E-state index in [1.165, 1.54) is 0 Å². The maximum atomic E-state index is 9.33. The predicted octanol–water partition coefficient (Wildman–Crippen LogP) is 3.40. The number of nitrogens with zero attached hydrogens (tertiary/aromatic N) is 5. The lowest BCUT2D eigenvalue weighted by molar-refractivity contribution is 0.243. The van der Waals surface area contributed by atoms with Gasteiger partial charge >= 0.3 is 0 Å². The van der Waals surface area contributed by atoms with Gasteiger partial charge in [0.25, 0.3) is 0 Å². The number of likely N-dealkylation sites (tertiary alicyclic amines) is 1. The lowest BCUT2D eigenvalue weighted by Crippen LogP contribution is -2.24. The number of benzene rings is 1. The smallest absolute Gasteiger partial charge is 0.150 e. The van der Waals surface area contributed by atoms with Crippen molar-refractivity contribution >= 4 is 17.4 Å². The fraction of sp³-hybridized carbons (Fsp3) is 0.389. The lowest BCUT2D eigenvalue weighted by Gasteiger charge is -2.24. The monoisotopic (exact) mass is 341 g/mol. The molecular formula is C18H20ClN5. The van der Waals surface area contributed by atoms with Crippen LogP contribution in [0.2, 0.25) is 5.02 Å². The highest BCUT2D eigenvalue weighted by Gasteiger charge is 2.28. The van der Waals surface area contributed by atoms with E-state index in [1.807, 2.05) is 37.2 Å². The molecule has 124 valence electrons. The van der Waals surface area contributed by atoms with Crippen LogP contribution in [0, 0.1) is 11.3 Å². The molecule has 0 radical (unpaired) electrons. The Hall–Kier alpha value is -2.16. The van der Waals surface area contributed by atoms with Crippen molar-refractivity contribution in [3.05, 3.63) is 52.2 Å². The van der Waals surface area contributed by atoms with Crippen molar-refractivity contribution in [3.8, 4) is 6.07 Å². The molecule has 24 heavy (non-hydrogen) atoms. The quantitative estimate of drug-likeness (QED) is 0.853. The van der Waals surface area contributed by atoms with E-state index in [1.54, 1.807) is 6.07 Å². The molecule has 0 aliphatic carbocycles. The topological polar surface area (TPSA) is 56.0 Å². The molecule has 3 rings (SSSR count). The standard InChI is InChI=1S/C18H20ClN5/c1-23(2)18-8-7-16(21-22-18)17-4-3-9-24(17)12-13-5-6-15(19)10-14(13)11-20/h5-8,10,17H,3-4,9,12H2,1-2H3. The van der Waals surface area contributed by atoms with Gasteiger partial charge < -0.3 is 4.90 Å². The zero-order chi connectivity index (χ0) is 17.1. The minimum Gasteiger partial charge on any atom is -0.361 e. The van der Waals surface area contributed by atoms with Crippen molar-refractivity contribution in [1.29, 1.82) is 5.26 Å². The van der Waals surface area contributed by atoms with E-state index >= 15 is 0 Å². The van der Waals surface area contributed by atoms with Gasteiger partial charge in [0.1, 0.15) is 0 Å². The second kappa shape index (κ2) is 7.16. The Labute approximate surface area is 147 Å². The lowest BCUT2D eigenvalue weighted by atomic mass is 10.1. The first-order valence-corrected chi connectivity index (χ1v) is 8.40. The van der Waals surface area contributed by atoms with E-state index < -0.39 is 0 Å². The molecule has 1 aliphatic rings. The first-order valence-electron chi connectivity index (χ1n) is 8.02. The van der Waals surface area contributed by atoms with Crippen LogP contribution in [0.5, 0.6) is 0 Å². The summed E-state index contributed by atoms with van der Waals surface area (Å²) in [5.41, 5.74) is 2.64. The summed E-state index contributed by atoms with van der Waals surface area (Å²) in [7, 11) is 3.91. The summed E-state index contributed by atoms with van der Waals surface area (Å²) in [6.45, 7) is 1.72. The molecule has 0 saturated carbocycles. The summed E-state index contributed by atoms with van der Waals surface area (Å²) in [6, 6.07) is 12.1. The third-order valence-electron chi connectivity index (χ3n) is 4.40. The van der Waals surface area contributed by atoms with Gasteiger partial charge in [-0.15, -0.1) is 5.10 Å². The molecule has 2 heterocycles. The molecule has 1 unspecified atom stereocenters. The molecule has 1 aromatic heterocycles. The molecule has 2 aromatic rings. The van der Waals surface area contributed by atoms with Crippen LogP contribution in [-0.4, -0.2) is 35.7 Å².